The SMILES string of the molecule is CC1(C)CN(c2cc(N3CCOCC3)nc(-n3c(C(F)F)nc4c(O)cccc43)n2)CCO1.CC1(C)CN(c2cc(N3CCOCC3)nc(-n3c(N)nc4c(N)cccc43)n2)CCO1. The van der Waals surface area contributed by atoms with Gasteiger partial charge in [0.1, 0.15) is 40.1 Å². The molecule has 0 bridgehead atoms. The fraction of sp³-hybridized carbons (Fsp3) is 0.488. The fourth-order valence-electron chi connectivity index (χ4n) is 8.48. The average Bonchev–Trinajstić information content (AvgIpc) is 3.86. The zero-order valence-electron chi connectivity index (χ0n) is 36.5. The van der Waals surface area contributed by atoms with Gasteiger partial charge in [-0.3, -0.25) is 4.57 Å². The minimum atomic E-state index is -2.88. The van der Waals surface area contributed by atoms with Gasteiger partial charge in [0.05, 0.1) is 67.6 Å². The summed E-state index contributed by atoms with van der Waals surface area (Å²) in [6.45, 7) is 17.4. The van der Waals surface area contributed by atoms with Crippen molar-refractivity contribution in [2.75, 3.05) is 123 Å². The number of hydrogen-bond donors (Lipinski definition) is 3. The lowest BCUT2D eigenvalue weighted by atomic mass is 10.1. The molecule has 4 fully saturated rings. The third-order valence-corrected chi connectivity index (χ3v) is 11.6. The summed E-state index contributed by atoms with van der Waals surface area (Å²) < 4.78 is 53.8. The molecule has 2 aromatic carbocycles. The van der Waals surface area contributed by atoms with Gasteiger partial charge in [-0.05, 0) is 52.0 Å². The van der Waals surface area contributed by atoms with Crippen LogP contribution >= 0.6 is 0 Å². The second-order valence-corrected chi connectivity index (χ2v) is 17.3. The van der Waals surface area contributed by atoms with Gasteiger partial charge in [-0.2, -0.15) is 19.9 Å². The molecule has 4 aromatic heterocycles. The van der Waals surface area contributed by atoms with Crippen molar-refractivity contribution in [3.8, 4) is 17.6 Å². The van der Waals surface area contributed by atoms with Gasteiger partial charge in [-0.15, -0.1) is 0 Å². The predicted molar refractivity (Wildman–Crippen MR) is 239 cm³/mol. The Kier molecular flexibility index (Phi) is 11.7. The molecule has 5 N–H and O–H groups in total. The number of alkyl halides is 2. The average molecular weight is 885 g/mol. The number of nitrogen functional groups attached to an aromatic ring is 2. The van der Waals surface area contributed by atoms with Gasteiger partial charge in [0.2, 0.25) is 17.8 Å². The summed E-state index contributed by atoms with van der Waals surface area (Å²) in [5, 5.41) is 10.2. The van der Waals surface area contributed by atoms with Crippen molar-refractivity contribution in [2.45, 2.75) is 45.3 Å². The van der Waals surface area contributed by atoms with Gasteiger partial charge < -0.3 is 55.1 Å². The van der Waals surface area contributed by atoms with E-state index in [1.807, 2.05) is 44.2 Å². The number of anilines is 6. The fourth-order valence-corrected chi connectivity index (χ4v) is 8.48. The van der Waals surface area contributed by atoms with Crippen LogP contribution in [-0.4, -0.2) is 147 Å². The van der Waals surface area contributed by atoms with Crippen LogP contribution in [-0.2, 0) is 18.9 Å². The van der Waals surface area contributed by atoms with Crippen molar-refractivity contribution >= 4 is 57.0 Å². The summed E-state index contributed by atoms with van der Waals surface area (Å²) in [7, 11) is 0. The first-order valence-electron chi connectivity index (χ1n) is 21.5. The van der Waals surface area contributed by atoms with E-state index in [9.17, 15) is 13.9 Å². The molecule has 0 aliphatic carbocycles. The first kappa shape index (κ1) is 43.1. The molecule has 21 heteroatoms. The molecule has 4 aliphatic rings. The van der Waals surface area contributed by atoms with Gasteiger partial charge in [0.15, 0.2) is 5.82 Å². The molecule has 340 valence electrons. The number of morpholine rings is 4. The molecule has 10 rings (SSSR count). The minimum Gasteiger partial charge on any atom is -0.506 e. The highest BCUT2D eigenvalue weighted by Gasteiger charge is 2.32. The molecule has 4 aliphatic heterocycles. The van der Waals surface area contributed by atoms with E-state index in [2.05, 4.69) is 48.4 Å². The zero-order chi connectivity index (χ0) is 44.8. The van der Waals surface area contributed by atoms with Crippen LogP contribution in [0.5, 0.6) is 5.75 Å². The summed E-state index contributed by atoms with van der Waals surface area (Å²) in [6, 6.07) is 14.2. The monoisotopic (exact) mass is 884 g/mol. The highest BCUT2D eigenvalue weighted by Crippen LogP contribution is 2.34. The Morgan fingerprint density at radius 1 is 0.578 bits per heavy atom. The molecule has 0 amide bonds. The van der Waals surface area contributed by atoms with Crippen molar-refractivity contribution in [3.63, 3.8) is 0 Å². The number of hydrogen-bond acceptors (Lipinski definition) is 17. The van der Waals surface area contributed by atoms with Crippen molar-refractivity contribution < 1.29 is 32.8 Å². The number of nitrogens with two attached hydrogens (primary N) is 2. The lowest BCUT2D eigenvalue weighted by molar-refractivity contribution is -0.0282. The summed E-state index contributed by atoms with van der Waals surface area (Å²) >= 11 is 0. The largest absolute Gasteiger partial charge is 0.506 e. The van der Waals surface area contributed by atoms with E-state index in [0.717, 1.165) is 43.3 Å². The van der Waals surface area contributed by atoms with Gasteiger partial charge in [-0.1, -0.05) is 12.1 Å². The number of aromatic hydroxyl groups is 1. The lowest BCUT2D eigenvalue weighted by Crippen LogP contribution is -2.48. The molecule has 4 saturated heterocycles. The molecular formula is C43H54F2N14O5. The number of nitrogens with zero attached hydrogens (tertiary/aromatic N) is 12. The Balaban J connectivity index is 0.000000162. The van der Waals surface area contributed by atoms with Crippen LogP contribution in [0.15, 0.2) is 48.5 Å². The Morgan fingerprint density at radius 2 is 1.03 bits per heavy atom. The topological polar surface area (TPSA) is 209 Å². The van der Waals surface area contributed by atoms with Gasteiger partial charge in [-0.25, -0.2) is 23.3 Å². The minimum absolute atomic E-state index is 0.0849. The maximum absolute atomic E-state index is 14.0. The third-order valence-electron chi connectivity index (χ3n) is 11.6. The molecule has 64 heavy (non-hydrogen) atoms. The smallest absolute Gasteiger partial charge is 0.296 e. The van der Waals surface area contributed by atoms with E-state index < -0.39 is 12.2 Å². The third kappa shape index (κ3) is 8.84. The number of para-hydroxylation sites is 2. The second kappa shape index (κ2) is 17.4. The molecule has 0 radical (unpaired) electrons. The number of phenols is 1. The number of ether oxygens (including phenoxy) is 4. The van der Waals surface area contributed by atoms with Crippen molar-refractivity contribution in [2.24, 2.45) is 0 Å². The summed E-state index contributed by atoms with van der Waals surface area (Å²) in [5.41, 5.74) is 14.2. The molecule has 0 unspecified atom stereocenters. The maximum atomic E-state index is 14.0. The van der Waals surface area contributed by atoms with E-state index >= 15 is 0 Å². The molecule has 8 heterocycles. The molecule has 0 atom stereocenters. The van der Waals surface area contributed by atoms with Crippen LogP contribution in [0, 0.1) is 0 Å². The number of imidazole rings is 2. The second-order valence-electron chi connectivity index (χ2n) is 17.3. The van der Waals surface area contributed by atoms with Crippen molar-refractivity contribution in [1.29, 1.82) is 0 Å². The zero-order valence-corrected chi connectivity index (χ0v) is 36.5. The van der Waals surface area contributed by atoms with Crippen LogP contribution in [0.3, 0.4) is 0 Å². The molecule has 0 saturated carbocycles. The quantitative estimate of drug-likeness (QED) is 0.191. The number of phenolic OH excluding ortho intramolecular Hbond substituents is 1. The molecular weight excluding hydrogens is 831 g/mol. The van der Waals surface area contributed by atoms with Crippen LogP contribution in [0.1, 0.15) is 39.9 Å². The molecule has 19 nitrogen and oxygen atoms in total. The van der Waals surface area contributed by atoms with Gasteiger partial charge >= 0.3 is 0 Å². The Labute approximate surface area is 368 Å². The standard InChI is InChI=1S/C22H26F2N6O3.C21H28N8O2/c1-22(2)13-29(8-11-33-22)17-12-16(28-6-9-32-10-7-28)25-21(26-17)30-14-4-3-5-15(31)18(14)27-20(30)19(23)24;1-21(2)13-28(8-11-31-21)17-12-16(27-6-9-30-10-7-27)24-20(25-17)29-15-5-3-4-14(22)18(15)26-19(29)23/h3-5,12,19,31H,6-11,13H2,1-2H3;3-5,12H,6-11,13,22H2,1-2H3,(H2,23,26). The molecule has 0 spiro atoms. The van der Waals surface area contributed by atoms with Crippen LogP contribution < -0.4 is 31.1 Å². The van der Waals surface area contributed by atoms with Crippen molar-refractivity contribution in [1.82, 2.24) is 39.0 Å². The predicted octanol–water partition coefficient (Wildman–Crippen LogP) is 4.34. The number of benzene rings is 2. The Bertz CT molecular complexity index is 2630. The summed E-state index contributed by atoms with van der Waals surface area (Å²) in [4.78, 5) is 36.2. The first-order chi connectivity index (χ1) is 30.7. The van der Waals surface area contributed by atoms with Crippen LogP contribution in [0.25, 0.3) is 34.0 Å². The number of halogens is 2. The highest BCUT2D eigenvalue weighted by atomic mass is 19.3. The lowest BCUT2D eigenvalue weighted by Gasteiger charge is -2.39. The normalized spacial score (nSPS) is 19.0. The van der Waals surface area contributed by atoms with E-state index in [0.29, 0.717) is 106 Å². The summed E-state index contributed by atoms with van der Waals surface area (Å²) in [5.74, 6) is 3.12. The molecule has 6 aromatic rings. The number of rotatable bonds is 7. The Hall–Kier alpha value is -6.16. The van der Waals surface area contributed by atoms with E-state index in [-0.39, 0.29) is 28.4 Å². The Morgan fingerprint density at radius 3 is 1.53 bits per heavy atom. The first-order valence-corrected chi connectivity index (χ1v) is 21.5. The van der Waals surface area contributed by atoms with E-state index in [1.165, 1.54) is 10.6 Å². The summed E-state index contributed by atoms with van der Waals surface area (Å²) in [6.07, 6.45) is -2.88. The van der Waals surface area contributed by atoms with Crippen molar-refractivity contribution in [3.05, 3.63) is 54.4 Å². The highest BCUT2D eigenvalue weighted by molar-refractivity contribution is 5.90. The van der Waals surface area contributed by atoms with E-state index in [1.54, 1.807) is 16.7 Å². The van der Waals surface area contributed by atoms with Gasteiger partial charge in [0.25, 0.3) is 6.43 Å². The van der Waals surface area contributed by atoms with Gasteiger partial charge in [0, 0.05) is 64.5 Å². The maximum Gasteiger partial charge on any atom is 0.296 e. The van der Waals surface area contributed by atoms with E-state index in [4.69, 9.17) is 45.4 Å². The van der Waals surface area contributed by atoms with Crippen LogP contribution in [0.2, 0.25) is 0 Å². The number of aromatic nitrogens is 8. The number of fused-ring (bicyclic) bond motifs is 2. The van der Waals surface area contributed by atoms with Crippen LogP contribution in [0.4, 0.5) is 43.7 Å².